The molecule has 0 fully saturated rings. The standard InChI is InChI=1S/C14H18FN3O/c1-18-11(7-8-17-18)4-6-13(16)10-3-5-12(15)14(9-10)19-2/h3,5,7-9,13H,4,6,16H2,1-2H3. The molecule has 0 bridgehead atoms. The van der Waals surface area contributed by atoms with Gasteiger partial charge in [-0.3, -0.25) is 4.68 Å². The minimum Gasteiger partial charge on any atom is -0.494 e. The average molecular weight is 263 g/mol. The minimum atomic E-state index is -0.370. The summed E-state index contributed by atoms with van der Waals surface area (Å²) in [6.07, 6.45) is 3.37. The predicted octanol–water partition coefficient (Wildman–Crippen LogP) is 2.20. The van der Waals surface area contributed by atoms with Crippen molar-refractivity contribution < 1.29 is 9.13 Å². The molecule has 102 valence electrons. The molecule has 0 amide bonds. The molecule has 1 aromatic carbocycles. The highest BCUT2D eigenvalue weighted by Crippen LogP contribution is 2.23. The predicted molar refractivity (Wildman–Crippen MR) is 71.4 cm³/mol. The van der Waals surface area contributed by atoms with E-state index >= 15 is 0 Å². The molecule has 0 aliphatic carbocycles. The van der Waals surface area contributed by atoms with E-state index in [1.807, 2.05) is 17.8 Å². The summed E-state index contributed by atoms with van der Waals surface area (Å²) in [4.78, 5) is 0. The third-order valence-electron chi connectivity index (χ3n) is 3.24. The van der Waals surface area contributed by atoms with Crippen molar-refractivity contribution in [3.8, 4) is 5.75 Å². The van der Waals surface area contributed by atoms with Gasteiger partial charge in [0, 0.05) is 25.0 Å². The topological polar surface area (TPSA) is 53.1 Å². The number of aromatic nitrogens is 2. The SMILES string of the molecule is COc1cc(C(N)CCc2ccnn2C)ccc1F. The molecule has 1 unspecified atom stereocenters. The fraction of sp³-hybridized carbons (Fsp3) is 0.357. The van der Waals surface area contributed by atoms with Gasteiger partial charge in [-0.1, -0.05) is 6.07 Å². The van der Waals surface area contributed by atoms with Crippen molar-refractivity contribution in [3.63, 3.8) is 0 Å². The van der Waals surface area contributed by atoms with Crippen molar-refractivity contribution in [1.82, 2.24) is 9.78 Å². The lowest BCUT2D eigenvalue weighted by Crippen LogP contribution is -2.12. The summed E-state index contributed by atoms with van der Waals surface area (Å²) in [6.45, 7) is 0. The number of methoxy groups -OCH3 is 1. The Labute approximate surface area is 112 Å². The largest absolute Gasteiger partial charge is 0.494 e. The van der Waals surface area contributed by atoms with E-state index in [9.17, 15) is 4.39 Å². The third-order valence-corrected chi connectivity index (χ3v) is 3.24. The first-order chi connectivity index (χ1) is 9.11. The normalized spacial score (nSPS) is 12.4. The van der Waals surface area contributed by atoms with E-state index in [-0.39, 0.29) is 17.6 Å². The first kappa shape index (κ1) is 13.5. The van der Waals surface area contributed by atoms with Crippen LogP contribution in [-0.4, -0.2) is 16.9 Å². The lowest BCUT2D eigenvalue weighted by Gasteiger charge is -2.13. The molecule has 2 rings (SSSR count). The van der Waals surface area contributed by atoms with Crippen LogP contribution in [0, 0.1) is 5.82 Å². The number of aryl methyl sites for hydroxylation is 2. The van der Waals surface area contributed by atoms with Crippen molar-refractivity contribution in [3.05, 3.63) is 47.5 Å². The Morgan fingerprint density at radius 2 is 2.21 bits per heavy atom. The van der Waals surface area contributed by atoms with Crippen LogP contribution in [0.4, 0.5) is 4.39 Å². The zero-order chi connectivity index (χ0) is 13.8. The van der Waals surface area contributed by atoms with Crippen molar-refractivity contribution >= 4 is 0 Å². The van der Waals surface area contributed by atoms with Gasteiger partial charge in [-0.25, -0.2) is 4.39 Å². The highest BCUT2D eigenvalue weighted by molar-refractivity contribution is 5.32. The van der Waals surface area contributed by atoms with E-state index in [1.54, 1.807) is 18.3 Å². The van der Waals surface area contributed by atoms with E-state index in [4.69, 9.17) is 10.5 Å². The molecule has 1 atom stereocenters. The van der Waals surface area contributed by atoms with Crippen molar-refractivity contribution in [1.29, 1.82) is 0 Å². The Hall–Kier alpha value is -1.88. The fourth-order valence-electron chi connectivity index (χ4n) is 2.02. The van der Waals surface area contributed by atoms with Crippen LogP contribution in [0.15, 0.2) is 30.5 Å². The number of hydrogen-bond acceptors (Lipinski definition) is 3. The quantitative estimate of drug-likeness (QED) is 0.899. The third kappa shape index (κ3) is 3.12. The first-order valence-corrected chi connectivity index (χ1v) is 6.17. The lowest BCUT2D eigenvalue weighted by atomic mass is 10.0. The smallest absolute Gasteiger partial charge is 0.165 e. The highest BCUT2D eigenvalue weighted by atomic mass is 19.1. The zero-order valence-electron chi connectivity index (χ0n) is 11.1. The van der Waals surface area contributed by atoms with Crippen molar-refractivity contribution in [2.75, 3.05) is 7.11 Å². The number of nitrogens with two attached hydrogens (primary N) is 1. The second-order valence-electron chi connectivity index (χ2n) is 4.49. The van der Waals surface area contributed by atoms with Gasteiger partial charge < -0.3 is 10.5 Å². The van der Waals surface area contributed by atoms with Crippen LogP contribution in [0.1, 0.15) is 23.7 Å². The van der Waals surface area contributed by atoms with Gasteiger partial charge in [-0.15, -0.1) is 0 Å². The molecule has 4 nitrogen and oxygen atoms in total. The molecule has 1 heterocycles. The van der Waals surface area contributed by atoms with E-state index < -0.39 is 0 Å². The summed E-state index contributed by atoms with van der Waals surface area (Å²) < 4.78 is 20.1. The Balaban J connectivity index is 2.03. The average Bonchev–Trinajstić information content (AvgIpc) is 2.82. The van der Waals surface area contributed by atoms with Crippen LogP contribution in [0.2, 0.25) is 0 Å². The molecule has 2 aromatic rings. The van der Waals surface area contributed by atoms with Crippen LogP contribution >= 0.6 is 0 Å². The Morgan fingerprint density at radius 1 is 1.42 bits per heavy atom. The number of halogens is 1. The van der Waals surface area contributed by atoms with Crippen LogP contribution in [0.5, 0.6) is 5.75 Å². The Bertz CT molecular complexity index is 553. The second-order valence-corrected chi connectivity index (χ2v) is 4.49. The van der Waals surface area contributed by atoms with E-state index in [0.717, 1.165) is 24.1 Å². The van der Waals surface area contributed by atoms with E-state index in [0.29, 0.717) is 0 Å². The Morgan fingerprint density at radius 3 is 2.84 bits per heavy atom. The maximum Gasteiger partial charge on any atom is 0.165 e. The number of rotatable bonds is 5. The van der Waals surface area contributed by atoms with Gasteiger partial charge in [0.05, 0.1) is 7.11 Å². The molecule has 0 saturated carbocycles. The Kier molecular flexibility index (Phi) is 4.16. The molecule has 0 aliphatic heterocycles. The summed E-state index contributed by atoms with van der Waals surface area (Å²) in [5, 5.41) is 4.11. The molecular formula is C14H18FN3O. The zero-order valence-corrected chi connectivity index (χ0v) is 11.1. The first-order valence-electron chi connectivity index (χ1n) is 6.17. The molecule has 1 aromatic heterocycles. The van der Waals surface area contributed by atoms with E-state index in [2.05, 4.69) is 5.10 Å². The maximum absolute atomic E-state index is 13.3. The highest BCUT2D eigenvalue weighted by Gasteiger charge is 2.11. The van der Waals surface area contributed by atoms with Gasteiger partial charge in [-0.05, 0) is 36.6 Å². The van der Waals surface area contributed by atoms with Crippen LogP contribution < -0.4 is 10.5 Å². The molecule has 2 N–H and O–H groups in total. The maximum atomic E-state index is 13.3. The molecule has 19 heavy (non-hydrogen) atoms. The summed E-state index contributed by atoms with van der Waals surface area (Å²) in [7, 11) is 3.35. The molecule has 0 aliphatic rings. The van der Waals surface area contributed by atoms with Crippen LogP contribution in [0.3, 0.4) is 0 Å². The van der Waals surface area contributed by atoms with Gasteiger partial charge in [0.2, 0.25) is 0 Å². The minimum absolute atomic E-state index is 0.149. The number of nitrogens with zero attached hydrogens (tertiary/aromatic N) is 2. The lowest BCUT2D eigenvalue weighted by molar-refractivity contribution is 0.385. The van der Waals surface area contributed by atoms with Crippen molar-refractivity contribution in [2.24, 2.45) is 12.8 Å². The number of benzene rings is 1. The van der Waals surface area contributed by atoms with Gasteiger partial charge in [0.25, 0.3) is 0 Å². The monoisotopic (exact) mass is 263 g/mol. The number of ether oxygens (including phenoxy) is 1. The molecule has 0 saturated heterocycles. The second kappa shape index (κ2) is 5.84. The summed E-state index contributed by atoms with van der Waals surface area (Å²) >= 11 is 0. The summed E-state index contributed by atoms with van der Waals surface area (Å²) in [5.74, 6) is -0.140. The summed E-state index contributed by atoms with van der Waals surface area (Å²) in [5.41, 5.74) is 8.13. The molecule has 0 radical (unpaired) electrons. The van der Waals surface area contributed by atoms with E-state index in [1.165, 1.54) is 13.2 Å². The van der Waals surface area contributed by atoms with Gasteiger partial charge in [0.15, 0.2) is 11.6 Å². The molecular weight excluding hydrogens is 245 g/mol. The van der Waals surface area contributed by atoms with Gasteiger partial charge in [-0.2, -0.15) is 5.10 Å². The molecule has 5 heteroatoms. The van der Waals surface area contributed by atoms with Gasteiger partial charge in [0.1, 0.15) is 0 Å². The van der Waals surface area contributed by atoms with Crippen LogP contribution in [-0.2, 0) is 13.5 Å². The molecule has 0 spiro atoms. The van der Waals surface area contributed by atoms with Crippen molar-refractivity contribution in [2.45, 2.75) is 18.9 Å². The fourth-order valence-corrected chi connectivity index (χ4v) is 2.02. The van der Waals surface area contributed by atoms with Gasteiger partial charge >= 0.3 is 0 Å². The summed E-state index contributed by atoms with van der Waals surface area (Å²) in [6, 6.07) is 6.56. The number of hydrogen-bond donors (Lipinski definition) is 1. The van der Waals surface area contributed by atoms with Crippen LogP contribution in [0.25, 0.3) is 0 Å².